The first-order chi connectivity index (χ1) is 16.8. The molecule has 1 heterocycles. The highest BCUT2D eigenvalue weighted by molar-refractivity contribution is 5.83. The van der Waals surface area contributed by atoms with Gasteiger partial charge < -0.3 is 9.47 Å². The lowest BCUT2D eigenvalue weighted by molar-refractivity contribution is -0.229. The van der Waals surface area contributed by atoms with E-state index in [1.807, 2.05) is 0 Å². The Morgan fingerprint density at radius 1 is 0.829 bits per heavy atom. The van der Waals surface area contributed by atoms with Gasteiger partial charge >= 0.3 is 0 Å². The van der Waals surface area contributed by atoms with E-state index < -0.39 is 46.0 Å². The van der Waals surface area contributed by atoms with Gasteiger partial charge in [0.05, 0.1) is 13.2 Å². The summed E-state index contributed by atoms with van der Waals surface area (Å²) in [6.45, 7) is 3.55. The number of hydrogen-bond donors (Lipinski definition) is 0. The van der Waals surface area contributed by atoms with Crippen molar-refractivity contribution in [3.63, 3.8) is 0 Å². The van der Waals surface area contributed by atoms with Gasteiger partial charge in [-0.25, -0.2) is 26.3 Å². The van der Waals surface area contributed by atoms with Crippen LogP contribution in [0.15, 0.2) is 30.3 Å². The van der Waals surface area contributed by atoms with Crippen molar-refractivity contribution in [3.05, 3.63) is 70.3 Å². The van der Waals surface area contributed by atoms with E-state index in [2.05, 4.69) is 6.92 Å². The van der Waals surface area contributed by atoms with Crippen LogP contribution in [0, 0.1) is 35.1 Å². The molecule has 190 valence electrons. The van der Waals surface area contributed by atoms with Crippen molar-refractivity contribution in [2.24, 2.45) is 11.8 Å². The molecule has 2 aromatic carbocycles. The Morgan fingerprint density at radius 2 is 1.46 bits per heavy atom. The summed E-state index contributed by atoms with van der Waals surface area (Å²) in [7, 11) is 0. The molecule has 0 amide bonds. The summed E-state index contributed by atoms with van der Waals surface area (Å²) < 4.78 is 95.6. The highest BCUT2D eigenvalue weighted by Gasteiger charge is 2.33. The summed E-state index contributed by atoms with van der Waals surface area (Å²) in [5.41, 5.74) is -0.852. The minimum absolute atomic E-state index is 0.0587. The molecule has 0 bridgehead atoms. The molecule has 1 aliphatic carbocycles. The molecule has 2 fully saturated rings. The molecule has 0 spiro atoms. The van der Waals surface area contributed by atoms with Crippen molar-refractivity contribution in [1.29, 1.82) is 0 Å². The Morgan fingerprint density at radius 3 is 2.03 bits per heavy atom. The zero-order valence-electron chi connectivity index (χ0n) is 19.4. The van der Waals surface area contributed by atoms with Crippen molar-refractivity contribution in [2.75, 3.05) is 13.2 Å². The SMILES string of the molecule is CCCC1COC(C2CCC(c3ccc(/C(F)=C(\F)c4cc(F)c(F)c(F)c4)c(F)c3)CC2)OC1. The fraction of sp³-hybridized carbons (Fsp3) is 0.481. The molecule has 2 aromatic rings. The van der Waals surface area contributed by atoms with E-state index in [4.69, 9.17) is 9.47 Å². The fourth-order valence-electron chi connectivity index (χ4n) is 5.02. The van der Waals surface area contributed by atoms with Crippen molar-refractivity contribution < 1.29 is 35.8 Å². The van der Waals surface area contributed by atoms with E-state index in [-0.39, 0.29) is 18.1 Å². The highest BCUT2D eigenvalue weighted by atomic mass is 19.2. The Labute approximate surface area is 200 Å². The Kier molecular flexibility index (Phi) is 8.22. The van der Waals surface area contributed by atoms with Crippen LogP contribution in [0.1, 0.15) is 68.1 Å². The number of halogens is 6. The lowest BCUT2D eigenvalue weighted by atomic mass is 9.78. The molecule has 0 atom stereocenters. The predicted octanol–water partition coefficient (Wildman–Crippen LogP) is 8.07. The quantitative estimate of drug-likeness (QED) is 0.228. The topological polar surface area (TPSA) is 18.5 Å². The third kappa shape index (κ3) is 5.75. The molecule has 2 nitrogen and oxygen atoms in total. The maximum atomic E-state index is 14.7. The van der Waals surface area contributed by atoms with Crippen molar-refractivity contribution in [2.45, 2.75) is 57.7 Å². The molecule has 2 aliphatic rings. The summed E-state index contributed by atoms with van der Waals surface area (Å²) in [4.78, 5) is 0. The Balaban J connectivity index is 1.41. The number of ether oxygens (including phenoxy) is 2. The summed E-state index contributed by atoms with van der Waals surface area (Å²) >= 11 is 0. The lowest BCUT2D eigenvalue weighted by Crippen LogP contribution is -2.38. The van der Waals surface area contributed by atoms with Gasteiger partial charge in [-0.1, -0.05) is 19.4 Å². The van der Waals surface area contributed by atoms with Gasteiger partial charge in [-0.2, -0.15) is 0 Å². The molecule has 35 heavy (non-hydrogen) atoms. The van der Waals surface area contributed by atoms with Gasteiger partial charge in [-0.05, 0) is 67.9 Å². The first-order valence-corrected chi connectivity index (χ1v) is 12.0. The van der Waals surface area contributed by atoms with Gasteiger partial charge in [0.15, 0.2) is 35.4 Å². The van der Waals surface area contributed by atoms with E-state index >= 15 is 0 Å². The van der Waals surface area contributed by atoms with E-state index in [1.165, 1.54) is 12.1 Å². The van der Waals surface area contributed by atoms with Crippen molar-refractivity contribution in [1.82, 2.24) is 0 Å². The Bertz CT molecular complexity index is 1050. The van der Waals surface area contributed by atoms with Gasteiger partial charge in [0, 0.05) is 23.0 Å². The van der Waals surface area contributed by atoms with Crippen LogP contribution >= 0.6 is 0 Å². The average Bonchev–Trinajstić information content (AvgIpc) is 2.87. The van der Waals surface area contributed by atoms with Gasteiger partial charge in [0.25, 0.3) is 0 Å². The summed E-state index contributed by atoms with van der Waals surface area (Å²) in [5, 5.41) is 0. The third-order valence-corrected chi connectivity index (χ3v) is 6.98. The standard InChI is InChI=1S/C27H28F6O2/c1-2-3-15-13-34-27(35-14-15)17-6-4-16(5-7-17)18-8-9-20(21(28)10-18)25(32)24(31)19-11-22(29)26(33)23(30)12-19/h8-12,15-17,27H,2-7,13-14H2,1H3/b25-24+. The van der Waals surface area contributed by atoms with Crippen molar-refractivity contribution in [3.8, 4) is 0 Å². The summed E-state index contributed by atoms with van der Waals surface area (Å²) in [6.07, 6.45) is 5.23. The highest BCUT2D eigenvalue weighted by Crippen LogP contribution is 2.40. The van der Waals surface area contributed by atoms with Crippen molar-refractivity contribution >= 4 is 11.7 Å². The van der Waals surface area contributed by atoms with E-state index in [9.17, 15) is 26.3 Å². The van der Waals surface area contributed by atoms with E-state index in [0.717, 1.165) is 44.6 Å². The van der Waals surface area contributed by atoms with Gasteiger partial charge in [-0.3, -0.25) is 0 Å². The molecular weight excluding hydrogens is 470 g/mol. The minimum atomic E-state index is -1.80. The molecule has 0 radical (unpaired) electrons. The molecule has 1 aliphatic heterocycles. The second-order valence-electron chi connectivity index (χ2n) is 9.42. The van der Waals surface area contributed by atoms with Crippen LogP contribution in [0.5, 0.6) is 0 Å². The zero-order valence-corrected chi connectivity index (χ0v) is 19.4. The molecule has 1 saturated carbocycles. The van der Waals surface area contributed by atoms with Crippen LogP contribution in [-0.4, -0.2) is 19.5 Å². The second kappa shape index (κ2) is 11.2. The maximum absolute atomic E-state index is 14.7. The molecule has 4 rings (SSSR count). The number of rotatable bonds is 6. The van der Waals surface area contributed by atoms with Crippen LogP contribution in [0.25, 0.3) is 11.7 Å². The Hall–Kier alpha value is -2.32. The van der Waals surface area contributed by atoms with Gasteiger partial charge in [0.1, 0.15) is 5.82 Å². The van der Waals surface area contributed by atoms with Crippen LogP contribution in [-0.2, 0) is 9.47 Å². The first-order valence-electron chi connectivity index (χ1n) is 12.0. The molecule has 8 heteroatoms. The summed E-state index contributed by atoms with van der Waals surface area (Å²) in [6, 6.07) is 4.46. The molecule has 0 unspecified atom stereocenters. The second-order valence-corrected chi connectivity index (χ2v) is 9.42. The summed E-state index contributed by atoms with van der Waals surface area (Å²) in [5.74, 6) is -8.64. The molecule has 1 saturated heterocycles. The lowest BCUT2D eigenvalue weighted by Gasteiger charge is -2.37. The zero-order chi connectivity index (χ0) is 25.1. The first kappa shape index (κ1) is 25.8. The van der Waals surface area contributed by atoms with E-state index in [1.54, 1.807) is 0 Å². The van der Waals surface area contributed by atoms with Crippen LogP contribution in [0.4, 0.5) is 26.3 Å². The smallest absolute Gasteiger partial charge is 0.194 e. The third-order valence-electron chi connectivity index (χ3n) is 6.98. The van der Waals surface area contributed by atoms with E-state index in [0.29, 0.717) is 36.8 Å². The maximum Gasteiger partial charge on any atom is 0.194 e. The van der Waals surface area contributed by atoms with Crippen LogP contribution in [0.3, 0.4) is 0 Å². The number of hydrogen-bond acceptors (Lipinski definition) is 2. The number of benzene rings is 2. The van der Waals surface area contributed by atoms with Crippen LogP contribution in [0.2, 0.25) is 0 Å². The average molecular weight is 499 g/mol. The van der Waals surface area contributed by atoms with Gasteiger partial charge in [0.2, 0.25) is 0 Å². The minimum Gasteiger partial charge on any atom is -0.352 e. The molecular formula is C27H28F6O2. The normalized spacial score (nSPS) is 25.9. The molecule has 0 aromatic heterocycles. The van der Waals surface area contributed by atoms with Gasteiger partial charge in [-0.15, -0.1) is 0 Å². The molecule has 0 N–H and O–H groups in total. The fourth-order valence-corrected chi connectivity index (χ4v) is 5.02. The predicted molar refractivity (Wildman–Crippen MR) is 121 cm³/mol. The van der Waals surface area contributed by atoms with Crippen LogP contribution < -0.4 is 0 Å². The largest absolute Gasteiger partial charge is 0.352 e. The monoisotopic (exact) mass is 498 g/mol.